The van der Waals surface area contributed by atoms with Crippen molar-refractivity contribution in [3.8, 4) is 0 Å². The number of benzene rings is 1. The lowest BCUT2D eigenvalue weighted by atomic mass is 10.2. The number of nitrogens with zero attached hydrogens (tertiary/aromatic N) is 2. The summed E-state index contributed by atoms with van der Waals surface area (Å²) in [5.74, 6) is -0.593. The van der Waals surface area contributed by atoms with Crippen LogP contribution in [0.2, 0.25) is 0 Å². The van der Waals surface area contributed by atoms with Crippen LogP contribution in [0.1, 0.15) is 25.3 Å². The molecule has 2 rings (SSSR count). The lowest BCUT2D eigenvalue weighted by Gasteiger charge is -2.24. The zero-order valence-corrected chi connectivity index (χ0v) is 13.3. The van der Waals surface area contributed by atoms with Crippen molar-refractivity contribution in [1.82, 2.24) is 4.31 Å². The molecule has 1 heterocycles. The molecule has 1 aromatic rings. The van der Waals surface area contributed by atoms with Crippen LogP contribution in [-0.4, -0.2) is 36.4 Å². The van der Waals surface area contributed by atoms with E-state index in [2.05, 4.69) is 6.58 Å². The van der Waals surface area contributed by atoms with E-state index in [1.54, 1.807) is 6.92 Å². The average Bonchev–Trinajstić information content (AvgIpc) is 2.88. The summed E-state index contributed by atoms with van der Waals surface area (Å²) in [5, 5.41) is 10.9. The standard InChI is InChI=1S/C14H16N2O6S/c1-3-10-5-6-11(16(18)19)9-12(10)23(20,21)15-13(17)7-8-14(15)22-4-2/h3,5-6,9,14H,1,4,7-8H2,2H3. The lowest BCUT2D eigenvalue weighted by Crippen LogP contribution is -2.40. The Balaban J connectivity index is 2.58. The second-order valence-electron chi connectivity index (χ2n) is 4.83. The maximum Gasteiger partial charge on any atom is 0.270 e. The molecule has 1 fully saturated rings. The number of carbonyl (C=O) groups is 1. The van der Waals surface area contributed by atoms with Gasteiger partial charge in [0.2, 0.25) is 5.91 Å². The Hall–Kier alpha value is -2.26. The monoisotopic (exact) mass is 340 g/mol. The number of sulfonamides is 1. The van der Waals surface area contributed by atoms with E-state index in [1.165, 1.54) is 18.2 Å². The van der Waals surface area contributed by atoms with Gasteiger partial charge in [-0.3, -0.25) is 14.9 Å². The smallest absolute Gasteiger partial charge is 0.270 e. The molecule has 1 atom stereocenters. The van der Waals surface area contributed by atoms with Crippen LogP contribution in [-0.2, 0) is 19.6 Å². The van der Waals surface area contributed by atoms with E-state index in [4.69, 9.17) is 4.74 Å². The molecule has 1 aliphatic heterocycles. The van der Waals surface area contributed by atoms with Crippen LogP contribution in [0.15, 0.2) is 29.7 Å². The van der Waals surface area contributed by atoms with Crippen LogP contribution in [0.4, 0.5) is 5.69 Å². The predicted octanol–water partition coefficient (Wildman–Crippen LogP) is 1.91. The van der Waals surface area contributed by atoms with Crippen molar-refractivity contribution >= 4 is 27.7 Å². The van der Waals surface area contributed by atoms with Crippen molar-refractivity contribution in [3.63, 3.8) is 0 Å². The van der Waals surface area contributed by atoms with Gasteiger partial charge in [0.25, 0.3) is 15.7 Å². The molecule has 1 aromatic carbocycles. The van der Waals surface area contributed by atoms with Gasteiger partial charge in [-0.15, -0.1) is 0 Å². The van der Waals surface area contributed by atoms with Crippen LogP contribution in [0.5, 0.6) is 0 Å². The number of nitro groups is 1. The van der Waals surface area contributed by atoms with Gasteiger partial charge in [0.15, 0.2) is 0 Å². The zero-order valence-electron chi connectivity index (χ0n) is 12.5. The Kier molecular flexibility index (Phi) is 4.81. The van der Waals surface area contributed by atoms with Gasteiger partial charge in [0.05, 0.1) is 4.92 Å². The SMILES string of the molecule is C=Cc1ccc([N+](=O)[O-])cc1S(=O)(=O)N1C(=O)CCC1OCC. The Morgan fingerprint density at radius 3 is 2.78 bits per heavy atom. The highest BCUT2D eigenvalue weighted by molar-refractivity contribution is 7.89. The molecule has 1 saturated heterocycles. The Labute approximate surface area is 133 Å². The molecule has 23 heavy (non-hydrogen) atoms. The van der Waals surface area contributed by atoms with Crippen molar-refractivity contribution in [3.05, 3.63) is 40.5 Å². The van der Waals surface area contributed by atoms with Crippen LogP contribution < -0.4 is 0 Å². The molecule has 8 nitrogen and oxygen atoms in total. The minimum Gasteiger partial charge on any atom is -0.357 e. The third-order valence-corrected chi connectivity index (χ3v) is 5.30. The first-order chi connectivity index (χ1) is 10.8. The zero-order chi connectivity index (χ0) is 17.2. The van der Waals surface area contributed by atoms with Crippen LogP contribution in [0, 0.1) is 10.1 Å². The van der Waals surface area contributed by atoms with Gasteiger partial charge >= 0.3 is 0 Å². The lowest BCUT2D eigenvalue weighted by molar-refractivity contribution is -0.385. The quantitative estimate of drug-likeness (QED) is 0.578. The maximum absolute atomic E-state index is 12.8. The van der Waals surface area contributed by atoms with Crippen molar-refractivity contribution in [2.24, 2.45) is 0 Å². The molecule has 0 N–H and O–H groups in total. The third kappa shape index (κ3) is 3.10. The van der Waals surface area contributed by atoms with Crippen LogP contribution in [0.3, 0.4) is 0 Å². The van der Waals surface area contributed by atoms with Gasteiger partial charge in [-0.25, -0.2) is 12.7 Å². The number of amides is 1. The van der Waals surface area contributed by atoms with Gasteiger partial charge in [-0.05, 0) is 18.6 Å². The van der Waals surface area contributed by atoms with E-state index in [-0.39, 0.29) is 35.6 Å². The van der Waals surface area contributed by atoms with E-state index in [9.17, 15) is 23.3 Å². The summed E-state index contributed by atoms with van der Waals surface area (Å²) in [4.78, 5) is 21.9. The van der Waals surface area contributed by atoms with Gasteiger partial charge < -0.3 is 4.74 Å². The van der Waals surface area contributed by atoms with Crippen molar-refractivity contribution in [2.75, 3.05) is 6.61 Å². The van der Waals surface area contributed by atoms with Gasteiger partial charge in [-0.2, -0.15) is 0 Å². The minimum absolute atomic E-state index is 0.0439. The fraction of sp³-hybridized carbons (Fsp3) is 0.357. The summed E-state index contributed by atoms with van der Waals surface area (Å²) in [6, 6.07) is 3.40. The molecule has 1 aliphatic rings. The topological polar surface area (TPSA) is 107 Å². The van der Waals surface area contributed by atoms with Crippen LogP contribution >= 0.6 is 0 Å². The fourth-order valence-electron chi connectivity index (χ4n) is 2.40. The molecular weight excluding hydrogens is 324 g/mol. The number of rotatable bonds is 6. The molecule has 0 saturated carbocycles. The molecule has 0 radical (unpaired) electrons. The normalized spacial score (nSPS) is 18.2. The second-order valence-corrected chi connectivity index (χ2v) is 6.61. The summed E-state index contributed by atoms with van der Waals surface area (Å²) in [5.41, 5.74) is -0.195. The molecule has 1 amide bonds. The maximum atomic E-state index is 12.8. The van der Waals surface area contributed by atoms with E-state index in [0.29, 0.717) is 4.31 Å². The Bertz CT molecular complexity index is 759. The molecule has 0 aromatic heterocycles. The molecule has 1 unspecified atom stereocenters. The van der Waals surface area contributed by atoms with Crippen molar-refractivity contribution < 1.29 is 22.9 Å². The highest BCUT2D eigenvalue weighted by Crippen LogP contribution is 2.31. The third-order valence-electron chi connectivity index (χ3n) is 3.44. The number of carbonyl (C=O) groups excluding carboxylic acids is 1. The first-order valence-electron chi connectivity index (χ1n) is 6.92. The summed E-state index contributed by atoms with van der Waals surface area (Å²) in [7, 11) is -4.27. The number of hydrogen-bond donors (Lipinski definition) is 0. The Morgan fingerprint density at radius 1 is 1.52 bits per heavy atom. The summed E-state index contributed by atoms with van der Waals surface area (Å²) < 4.78 is 31.7. The highest BCUT2D eigenvalue weighted by Gasteiger charge is 2.42. The van der Waals surface area contributed by atoms with Crippen LogP contribution in [0.25, 0.3) is 6.08 Å². The predicted molar refractivity (Wildman–Crippen MR) is 81.9 cm³/mol. The van der Waals surface area contributed by atoms with Gasteiger partial charge in [0, 0.05) is 31.6 Å². The number of nitro benzene ring substituents is 1. The average molecular weight is 340 g/mol. The molecule has 9 heteroatoms. The first kappa shape index (κ1) is 17.1. The van der Waals surface area contributed by atoms with E-state index >= 15 is 0 Å². The van der Waals surface area contributed by atoms with Crippen molar-refractivity contribution in [1.29, 1.82) is 0 Å². The second kappa shape index (κ2) is 6.47. The minimum atomic E-state index is -4.27. The fourth-order valence-corrected chi connectivity index (χ4v) is 4.17. The Morgan fingerprint density at radius 2 is 2.22 bits per heavy atom. The van der Waals surface area contributed by atoms with Crippen molar-refractivity contribution in [2.45, 2.75) is 30.9 Å². The first-order valence-corrected chi connectivity index (χ1v) is 8.36. The molecular formula is C14H16N2O6S. The van der Waals surface area contributed by atoms with E-state index in [1.807, 2.05) is 0 Å². The number of hydrogen-bond acceptors (Lipinski definition) is 6. The van der Waals surface area contributed by atoms with Gasteiger partial charge in [-0.1, -0.05) is 12.7 Å². The van der Waals surface area contributed by atoms with Gasteiger partial charge in [0.1, 0.15) is 11.1 Å². The van der Waals surface area contributed by atoms with E-state index in [0.717, 1.165) is 6.07 Å². The molecule has 0 bridgehead atoms. The number of ether oxygens (including phenoxy) is 1. The summed E-state index contributed by atoms with van der Waals surface area (Å²) in [6.45, 7) is 5.45. The molecule has 0 spiro atoms. The number of non-ortho nitro benzene ring substituents is 1. The summed E-state index contributed by atoms with van der Waals surface area (Å²) in [6.07, 6.45) is 0.675. The molecule has 0 aliphatic carbocycles. The molecule has 124 valence electrons. The highest BCUT2D eigenvalue weighted by atomic mass is 32.2. The van der Waals surface area contributed by atoms with E-state index < -0.39 is 27.1 Å². The summed E-state index contributed by atoms with van der Waals surface area (Å²) >= 11 is 0. The largest absolute Gasteiger partial charge is 0.357 e.